The summed E-state index contributed by atoms with van der Waals surface area (Å²) in [5.41, 5.74) is 7.60. The molecule has 0 spiro atoms. The summed E-state index contributed by atoms with van der Waals surface area (Å²) >= 11 is 2.11. The predicted octanol–water partition coefficient (Wildman–Crippen LogP) is 2.38. The van der Waals surface area contributed by atoms with Gasteiger partial charge in [0.25, 0.3) is 0 Å². The van der Waals surface area contributed by atoms with Crippen LogP contribution in [0.1, 0.15) is 11.3 Å². The van der Waals surface area contributed by atoms with E-state index in [2.05, 4.69) is 32.6 Å². The summed E-state index contributed by atoms with van der Waals surface area (Å²) in [4.78, 5) is 8.64. The fourth-order valence-corrected chi connectivity index (χ4v) is 1.85. The van der Waals surface area contributed by atoms with E-state index in [1.807, 2.05) is 13.0 Å². The fraction of sp³-hybridized carbons (Fsp3) is 0.273. The van der Waals surface area contributed by atoms with Crippen LogP contribution in [-0.4, -0.2) is 17.1 Å². The highest BCUT2D eigenvalue weighted by molar-refractivity contribution is 14.1. The second kappa shape index (κ2) is 5.01. The molecule has 2 N–H and O–H groups in total. The van der Waals surface area contributed by atoms with Crippen molar-refractivity contribution in [1.29, 1.82) is 0 Å². The number of nitrogens with zero attached hydrogens (tertiary/aromatic N) is 2. The number of hydrogen-bond acceptors (Lipinski definition) is 5. The minimum Gasteiger partial charge on any atom is -0.461 e. The molecule has 5 nitrogen and oxygen atoms in total. The molecule has 0 radical (unpaired) electrons. The molecule has 0 unspecified atom stereocenters. The van der Waals surface area contributed by atoms with Crippen LogP contribution in [0.4, 0.5) is 5.82 Å². The Morgan fingerprint density at radius 2 is 2.24 bits per heavy atom. The number of furan rings is 1. The molecule has 0 amide bonds. The molecule has 0 atom stereocenters. The van der Waals surface area contributed by atoms with Gasteiger partial charge in [0.2, 0.25) is 0 Å². The first kappa shape index (κ1) is 12.3. The lowest BCUT2D eigenvalue weighted by Crippen LogP contribution is -2.05. The average Bonchev–Trinajstić information content (AvgIpc) is 2.71. The molecule has 0 fully saturated rings. The van der Waals surface area contributed by atoms with E-state index in [1.165, 1.54) is 0 Å². The van der Waals surface area contributed by atoms with Gasteiger partial charge < -0.3 is 14.9 Å². The monoisotopic (exact) mass is 345 g/mol. The second-order valence-corrected chi connectivity index (χ2v) is 4.64. The van der Waals surface area contributed by atoms with Gasteiger partial charge in [-0.1, -0.05) is 0 Å². The van der Waals surface area contributed by atoms with Crippen LogP contribution in [0.2, 0.25) is 0 Å². The van der Waals surface area contributed by atoms with E-state index in [0.29, 0.717) is 24.0 Å². The molecule has 0 saturated carbocycles. The van der Waals surface area contributed by atoms with Gasteiger partial charge in [-0.25, -0.2) is 9.97 Å². The number of ether oxygens (including phenoxy) is 1. The fourth-order valence-electron chi connectivity index (χ4n) is 1.45. The highest BCUT2D eigenvalue weighted by Gasteiger charge is 2.14. The van der Waals surface area contributed by atoms with Gasteiger partial charge in [-0.05, 0) is 41.1 Å². The van der Waals surface area contributed by atoms with Crippen molar-refractivity contribution in [3.63, 3.8) is 0 Å². The lowest BCUT2D eigenvalue weighted by molar-refractivity contribution is 0.181. The molecule has 2 rings (SSSR count). The summed E-state index contributed by atoms with van der Waals surface area (Å²) < 4.78 is 11.3. The smallest absolute Gasteiger partial charge is 0.198 e. The zero-order valence-electron chi connectivity index (χ0n) is 9.53. The normalized spacial score (nSPS) is 10.8. The van der Waals surface area contributed by atoms with Crippen molar-refractivity contribution >= 4 is 28.4 Å². The van der Waals surface area contributed by atoms with E-state index in [-0.39, 0.29) is 0 Å². The van der Waals surface area contributed by atoms with Gasteiger partial charge in [0.15, 0.2) is 11.6 Å². The first-order chi connectivity index (χ1) is 8.13. The van der Waals surface area contributed by atoms with E-state index in [0.717, 1.165) is 14.8 Å². The van der Waals surface area contributed by atoms with Gasteiger partial charge in [-0.15, -0.1) is 0 Å². The van der Waals surface area contributed by atoms with Gasteiger partial charge in [-0.3, -0.25) is 0 Å². The third kappa shape index (κ3) is 2.42. The molecule has 0 aromatic carbocycles. The topological polar surface area (TPSA) is 74.2 Å². The highest BCUT2D eigenvalue weighted by Crippen LogP contribution is 2.25. The number of hydrogen-bond donors (Lipinski definition) is 1. The number of halogens is 1. The summed E-state index contributed by atoms with van der Waals surface area (Å²) in [6.07, 6.45) is 1.61. The van der Waals surface area contributed by atoms with Crippen molar-refractivity contribution in [3.8, 4) is 11.6 Å². The minimum atomic E-state index is 0.401. The summed E-state index contributed by atoms with van der Waals surface area (Å²) in [7, 11) is 1.62. The zero-order chi connectivity index (χ0) is 12.4. The van der Waals surface area contributed by atoms with E-state index < -0.39 is 0 Å². The molecule has 2 heterocycles. The first-order valence-electron chi connectivity index (χ1n) is 4.98. The molecular weight excluding hydrogens is 333 g/mol. The molecule has 90 valence electrons. The second-order valence-electron chi connectivity index (χ2n) is 3.56. The Balaban J connectivity index is 2.53. The van der Waals surface area contributed by atoms with Crippen LogP contribution < -0.4 is 5.73 Å². The van der Waals surface area contributed by atoms with Gasteiger partial charge in [0.05, 0.1) is 22.1 Å². The number of aryl methyl sites for hydroxylation is 1. The van der Waals surface area contributed by atoms with E-state index in [1.54, 1.807) is 13.4 Å². The zero-order valence-corrected chi connectivity index (χ0v) is 11.7. The third-order valence-electron chi connectivity index (χ3n) is 2.29. The number of aromatic nitrogens is 2. The molecule has 6 heteroatoms. The van der Waals surface area contributed by atoms with Crippen LogP contribution in [-0.2, 0) is 11.3 Å². The summed E-state index contributed by atoms with van der Waals surface area (Å²) in [6.45, 7) is 2.34. The van der Waals surface area contributed by atoms with Crippen LogP contribution >= 0.6 is 22.6 Å². The average molecular weight is 345 g/mol. The molecule has 2 aromatic rings. The van der Waals surface area contributed by atoms with Gasteiger partial charge >= 0.3 is 0 Å². The van der Waals surface area contributed by atoms with E-state index in [9.17, 15) is 0 Å². The number of rotatable bonds is 3. The molecule has 0 aliphatic heterocycles. The molecule has 0 saturated heterocycles. The molecule has 17 heavy (non-hydrogen) atoms. The highest BCUT2D eigenvalue weighted by atomic mass is 127. The minimum absolute atomic E-state index is 0.401. The standard InChI is InChI=1S/C11H12IN3O2/c1-6-3-4-17-9(6)11-14-7(5-16-2)8(12)10(13)15-11/h3-4H,5H2,1-2H3,(H2,13,14,15). The lowest BCUT2D eigenvalue weighted by atomic mass is 10.2. The van der Waals surface area contributed by atoms with Gasteiger partial charge in [0, 0.05) is 7.11 Å². The van der Waals surface area contributed by atoms with Crippen LogP contribution in [0, 0.1) is 10.5 Å². The summed E-state index contributed by atoms with van der Waals surface area (Å²) in [5, 5.41) is 0. The number of methoxy groups -OCH3 is 1. The van der Waals surface area contributed by atoms with Crippen LogP contribution in [0.5, 0.6) is 0 Å². The SMILES string of the molecule is COCc1nc(-c2occc2C)nc(N)c1I. The Hall–Kier alpha value is -1.15. The molecule has 0 bridgehead atoms. The van der Waals surface area contributed by atoms with Crippen molar-refractivity contribution < 1.29 is 9.15 Å². The van der Waals surface area contributed by atoms with Crippen molar-refractivity contribution in [2.75, 3.05) is 12.8 Å². The number of nitrogen functional groups attached to an aromatic ring is 1. The Labute approximate surface area is 113 Å². The van der Waals surface area contributed by atoms with Gasteiger partial charge in [0.1, 0.15) is 5.82 Å². The molecule has 0 aliphatic rings. The quantitative estimate of drug-likeness (QED) is 0.865. The molecular formula is C11H12IN3O2. The Morgan fingerprint density at radius 1 is 1.47 bits per heavy atom. The third-order valence-corrected chi connectivity index (χ3v) is 3.47. The van der Waals surface area contributed by atoms with Crippen LogP contribution in [0.15, 0.2) is 16.7 Å². The number of anilines is 1. The van der Waals surface area contributed by atoms with Gasteiger partial charge in [-0.2, -0.15) is 0 Å². The predicted molar refractivity (Wildman–Crippen MR) is 72.3 cm³/mol. The first-order valence-corrected chi connectivity index (χ1v) is 6.06. The maximum atomic E-state index is 5.85. The molecule has 0 aliphatic carbocycles. The van der Waals surface area contributed by atoms with Crippen molar-refractivity contribution in [2.24, 2.45) is 0 Å². The Kier molecular flexibility index (Phi) is 3.63. The van der Waals surface area contributed by atoms with E-state index >= 15 is 0 Å². The largest absolute Gasteiger partial charge is 0.461 e. The summed E-state index contributed by atoms with van der Waals surface area (Å²) in [6, 6.07) is 1.86. The maximum Gasteiger partial charge on any atom is 0.198 e. The van der Waals surface area contributed by atoms with Crippen molar-refractivity contribution in [1.82, 2.24) is 9.97 Å². The molecule has 2 aromatic heterocycles. The van der Waals surface area contributed by atoms with E-state index in [4.69, 9.17) is 14.9 Å². The Morgan fingerprint density at radius 3 is 2.82 bits per heavy atom. The van der Waals surface area contributed by atoms with Crippen molar-refractivity contribution in [2.45, 2.75) is 13.5 Å². The maximum absolute atomic E-state index is 5.85. The Bertz CT molecular complexity index is 540. The van der Waals surface area contributed by atoms with Crippen LogP contribution in [0.3, 0.4) is 0 Å². The summed E-state index contributed by atoms with van der Waals surface area (Å²) in [5.74, 6) is 1.58. The number of nitrogens with two attached hydrogens (primary N) is 1. The van der Waals surface area contributed by atoms with Crippen LogP contribution in [0.25, 0.3) is 11.6 Å². The lowest BCUT2D eigenvalue weighted by Gasteiger charge is -2.07. The van der Waals surface area contributed by atoms with Crippen molar-refractivity contribution in [3.05, 3.63) is 27.2 Å².